The fraction of sp³-hybridized carbons (Fsp3) is 0.375. The predicted molar refractivity (Wildman–Crippen MR) is 135 cm³/mol. The van der Waals surface area contributed by atoms with Gasteiger partial charge < -0.3 is 24.6 Å². The van der Waals surface area contributed by atoms with Gasteiger partial charge in [0.2, 0.25) is 0 Å². The zero-order valence-corrected chi connectivity index (χ0v) is 21.1. The normalized spacial score (nSPS) is 19.6. The van der Waals surface area contributed by atoms with E-state index in [1.54, 1.807) is 18.2 Å². The highest BCUT2D eigenvalue weighted by Gasteiger charge is 2.35. The summed E-state index contributed by atoms with van der Waals surface area (Å²) >= 11 is 0. The molecule has 0 spiro atoms. The number of aliphatic hydroxyl groups excluding tert-OH is 2. The molecule has 1 amide bonds. The first kappa shape index (κ1) is 26.5. The van der Waals surface area contributed by atoms with Crippen LogP contribution in [0.1, 0.15) is 12.6 Å². The second-order valence-corrected chi connectivity index (χ2v) is 10.8. The lowest BCUT2D eigenvalue weighted by Crippen LogP contribution is -2.29. The molecule has 3 atom stereocenters. The molecule has 1 aliphatic rings. The minimum absolute atomic E-state index is 0.100. The number of sulfone groups is 1. The highest BCUT2D eigenvalue weighted by atomic mass is 32.2. The van der Waals surface area contributed by atoms with E-state index in [9.17, 15) is 28.2 Å². The Morgan fingerprint density at radius 3 is 2.62 bits per heavy atom. The molecule has 0 saturated carbocycles. The molecule has 0 unspecified atom stereocenters. The Kier molecular flexibility index (Phi) is 7.78. The predicted octanol–water partition coefficient (Wildman–Crippen LogP) is 1.13. The van der Waals surface area contributed by atoms with Crippen molar-refractivity contribution in [3.63, 3.8) is 0 Å². The van der Waals surface area contributed by atoms with E-state index in [1.807, 2.05) is 31.1 Å². The van der Waals surface area contributed by atoms with Gasteiger partial charge in [0.15, 0.2) is 9.84 Å². The number of carbonyl (C=O) groups excluding carboxylic acids is 1. The molecule has 13 heteroatoms. The molecule has 0 radical (unpaired) electrons. The first-order chi connectivity index (χ1) is 17.6. The number of aliphatic hydroxyl groups is 2. The van der Waals surface area contributed by atoms with Crippen LogP contribution in [0, 0.1) is 0 Å². The summed E-state index contributed by atoms with van der Waals surface area (Å²) in [5.74, 6) is -0.537. The SMILES string of the molecule is CN(C)c1cccc2c(S(=O)(=O)CCOC(=O)Nc3ccn([C@H]4C[C@H](O)[C@@H](CO)O4)c(=O)n3)cccc12. The topological polar surface area (TPSA) is 160 Å². The van der Waals surface area contributed by atoms with Gasteiger partial charge in [0, 0.05) is 43.2 Å². The molecule has 0 bridgehead atoms. The summed E-state index contributed by atoms with van der Waals surface area (Å²) in [5, 5.41) is 22.7. The Bertz CT molecular complexity index is 1460. The number of nitrogens with one attached hydrogen (secondary N) is 1. The Hall–Kier alpha value is -3.52. The van der Waals surface area contributed by atoms with E-state index >= 15 is 0 Å². The number of rotatable bonds is 8. The molecule has 1 aromatic heterocycles. The van der Waals surface area contributed by atoms with Gasteiger partial charge in [0.25, 0.3) is 0 Å². The summed E-state index contributed by atoms with van der Waals surface area (Å²) in [6.07, 6.45) is -2.07. The largest absolute Gasteiger partial charge is 0.448 e. The van der Waals surface area contributed by atoms with Crippen LogP contribution >= 0.6 is 0 Å². The van der Waals surface area contributed by atoms with Crippen LogP contribution in [-0.4, -0.2) is 79.5 Å². The number of hydrogen-bond acceptors (Lipinski definition) is 10. The minimum atomic E-state index is -3.78. The Labute approximate surface area is 213 Å². The van der Waals surface area contributed by atoms with Gasteiger partial charge in [-0.15, -0.1) is 0 Å². The molecular weight excluding hydrogens is 504 g/mol. The van der Waals surface area contributed by atoms with Crippen LogP contribution in [0.5, 0.6) is 0 Å². The lowest BCUT2D eigenvalue weighted by Gasteiger charge is -2.17. The summed E-state index contributed by atoms with van der Waals surface area (Å²) in [7, 11) is -0.0280. The minimum Gasteiger partial charge on any atom is -0.448 e. The number of nitrogens with zero attached hydrogens (tertiary/aromatic N) is 3. The van der Waals surface area contributed by atoms with Gasteiger partial charge in [-0.05, 0) is 18.2 Å². The molecule has 4 rings (SSSR count). The maximum atomic E-state index is 13.0. The molecular formula is C24H28N4O8S. The molecule has 37 heavy (non-hydrogen) atoms. The maximum Gasteiger partial charge on any atom is 0.412 e. The van der Waals surface area contributed by atoms with Crippen molar-refractivity contribution in [2.75, 3.05) is 43.3 Å². The number of hydrogen-bond donors (Lipinski definition) is 3. The number of aromatic nitrogens is 2. The highest BCUT2D eigenvalue weighted by Crippen LogP contribution is 2.31. The summed E-state index contributed by atoms with van der Waals surface area (Å²) in [6.45, 7) is -0.802. The van der Waals surface area contributed by atoms with Crippen LogP contribution in [0.4, 0.5) is 16.3 Å². The molecule has 1 fully saturated rings. The van der Waals surface area contributed by atoms with E-state index in [0.29, 0.717) is 5.39 Å². The number of ether oxygens (including phenoxy) is 2. The van der Waals surface area contributed by atoms with Gasteiger partial charge in [0.1, 0.15) is 24.8 Å². The fourth-order valence-corrected chi connectivity index (χ4v) is 5.49. The van der Waals surface area contributed by atoms with Crippen molar-refractivity contribution < 1.29 is 32.9 Å². The average Bonchev–Trinajstić information content (AvgIpc) is 3.23. The third kappa shape index (κ3) is 5.74. The van der Waals surface area contributed by atoms with E-state index in [4.69, 9.17) is 9.47 Å². The molecule has 12 nitrogen and oxygen atoms in total. The lowest BCUT2D eigenvalue weighted by molar-refractivity contribution is -0.0458. The number of carbonyl (C=O) groups is 1. The number of anilines is 2. The monoisotopic (exact) mass is 532 g/mol. The molecule has 2 aromatic carbocycles. The van der Waals surface area contributed by atoms with E-state index in [0.717, 1.165) is 15.6 Å². The van der Waals surface area contributed by atoms with Crippen LogP contribution in [-0.2, 0) is 19.3 Å². The first-order valence-electron chi connectivity index (χ1n) is 11.5. The summed E-state index contributed by atoms with van der Waals surface area (Å²) in [4.78, 5) is 30.3. The van der Waals surface area contributed by atoms with E-state index < -0.39 is 59.0 Å². The van der Waals surface area contributed by atoms with Crippen molar-refractivity contribution >= 4 is 38.2 Å². The van der Waals surface area contributed by atoms with Crippen molar-refractivity contribution in [2.45, 2.75) is 29.8 Å². The smallest absolute Gasteiger partial charge is 0.412 e. The molecule has 2 heterocycles. The van der Waals surface area contributed by atoms with Crippen LogP contribution in [0.3, 0.4) is 0 Å². The third-order valence-corrected chi connectivity index (χ3v) is 7.75. The van der Waals surface area contributed by atoms with Gasteiger partial charge in [-0.1, -0.05) is 24.3 Å². The van der Waals surface area contributed by atoms with E-state index in [1.165, 1.54) is 18.3 Å². The van der Waals surface area contributed by atoms with Crippen LogP contribution < -0.4 is 15.9 Å². The van der Waals surface area contributed by atoms with Gasteiger partial charge in [-0.25, -0.2) is 18.0 Å². The molecule has 3 N–H and O–H groups in total. The number of benzene rings is 2. The van der Waals surface area contributed by atoms with Gasteiger partial charge in [-0.2, -0.15) is 4.98 Å². The quantitative estimate of drug-likeness (QED) is 0.384. The summed E-state index contributed by atoms with van der Waals surface area (Å²) < 4.78 is 37.6. The highest BCUT2D eigenvalue weighted by molar-refractivity contribution is 7.91. The standard InChI is InChI=1S/C24H28N4O8S/c1-27(2)17-7-3-6-16-15(17)5-4-8-20(16)37(33,34)12-11-35-24(32)26-21-9-10-28(23(31)25-21)22-13-18(30)19(14-29)36-22/h3-10,18-19,22,29-30H,11-14H2,1-2H3,(H,25,26,31,32)/t18-,19+,22+/m0/s1. The van der Waals surface area contributed by atoms with E-state index in [-0.39, 0.29) is 17.1 Å². The maximum absolute atomic E-state index is 13.0. The third-order valence-electron chi connectivity index (χ3n) is 6.02. The van der Waals surface area contributed by atoms with Crippen LogP contribution in [0.25, 0.3) is 10.8 Å². The second-order valence-electron chi connectivity index (χ2n) is 8.72. The Morgan fingerprint density at radius 1 is 1.22 bits per heavy atom. The van der Waals surface area contributed by atoms with Crippen molar-refractivity contribution in [3.8, 4) is 0 Å². The van der Waals surface area contributed by atoms with Gasteiger partial charge in [0.05, 0.1) is 23.4 Å². The fourth-order valence-electron chi connectivity index (χ4n) is 4.17. The van der Waals surface area contributed by atoms with Gasteiger partial charge >= 0.3 is 11.8 Å². The molecule has 3 aromatic rings. The van der Waals surface area contributed by atoms with Crippen molar-refractivity contribution in [2.24, 2.45) is 0 Å². The molecule has 1 aliphatic heterocycles. The zero-order chi connectivity index (χ0) is 26.7. The first-order valence-corrected chi connectivity index (χ1v) is 13.1. The second kappa shape index (κ2) is 10.8. The van der Waals surface area contributed by atoms with Gasteiger partial charge in [-0.3, -0.25) is 9.88 Å². The van der Waals surface area contributed by atoms with Crippen molar-refractivity contribution in [3.05, 3.63) is 59.1 Å². The Balaban J connectivity index is 1.37. The van der Waals surface area contributed by atoms with Crippen molar-refractivity contribution in [1.82, 2.24) is 9.55 Å². The van der Waals surface area contributed by atoms with Crippen LogP contribution in [0.2, 0.25) is 0 Å². The number of amides is 1. The van der Waals surface area contributed by atoms with E-state index in [2.05, 4.69) is 10.3 Å². The lowest BCUT2D eigenvalue weighted by atomic mass is 10.1. The average molecular weight is 533 g/mol. The Morgan fingerprint density at radius 2 is 1.95 bits per heavy atom. The zero-order valence-electron chi connectivity index (χ0n) is 20.3. The number of fused-ring (bicyclic) bond motifs is 1. The summed E-state index contributed by atoms with van der Waals surface area (Å²) in [5.41, 5.74) is 0.132. The van der Waals surface area contributed by atoms with Crippen LogP contribution in [0.15, 0.2) is 58.4 Å². The molecule has 1 saturated heterocycles. The molecule has 198 valence electrons. The van der Waals surface area contributed by atoms with Crippen molar-refractivity contribution in [1.29, 1.82) is 0 Å². The summed E-state index contributed by atoms with van der Waals surface area (Å²) in [6, 6.07) is 11.8. The molecule has 0 aliphatic carbocycles.